The fraction of sp³-hybridized carbons (Fsp3) is 0.905. The molecule has 0 atom stereocenters. The second-order valence-electron chi connectivity index (χ2n) is 8.94. The Labute approximate surface area is 158 Å². The van der Waals surface area contributed by atoms with E-state index in [-0.39, 0.29) is 5.04 Å². The predicted molar refractivity (Wildman–Crippen MR) is 116 cm³/mol. The summed E-state index contributed by atoms with van der Waals surface area (Å²) in [6.45, 7) is 19.2. The van der Waals surface area contributed by atoms with Gasteiger partial charge in [0.1, 0.15) is 0 Å². The first-order valence-corrected chi connectivity index (χ1v) is 20.7. The molecular weight excluding hydrogens is 415 g/mol. The van der Waals surface area contributed by atoms with Gasteiger partial charge >= 0.3 is 159 Å². The molecule has 0 aromatic carbocycles. The molecule has 0 heterocycles. The summed E-state index contributed by atoms with van der Waals surface area (Å²) in [5.74, 6) is 3.54. The van der Waals surface area contributed by atoms with Crippen LogP contribution in [0.1, 0.15) is 80.1 Å². The van der Waals surface area contributed by atoms with E-state index in [9.17, 15) is 0 Å². The van der Waals surface area contributed by atoms with E-state index in [0.717, 1.165) is 0 Å². The summed E-state index contributed by atoms with van der Waals surface area (Å²) < 4.78 is 14.6. The zero-order chi connectivity index (χ0) is 18.7. The molecule has 0 rings (SSSR count). The molecule has 1 nitrogen and oxygen atoms in total. The normalized spacial score (nSPS) is 12.8. The quantitative estimate of drug-likeness (QED) is 0.231. The first kappa shape index (κ1) is 24.5. The topological polar surface area (TPSA) is 9.23 Å². The average Bonchev–Trinajstić information content (AvgIpc) is 2.51. The summed E-state index contributed by atoms with van der Waals surface area (Å²) in [4.78, 5) is 0. The van der Waals surface area contributed by atoms with E-state index in [0.29, 0.717) is 6.61 Å². The Kier molecular flexibility index (Phi) is 12.3. The summed E-state index contributed by atoms with van der Waals surface area (Å²) in [6, 6.07) is 0. The summed E-state index contributed by atoms with van der Waals surface area (Å²) in [5, 5.41) is 0.279. The van der Waals surface area contributed by atoms with Crippen molar-refractivity contribution >= 4 is 26.7 Å². The Balaban J connectivity index is 5.02. The van der Waals surface area contributed by atoms with Crippen LogP contribution in [0.4, 0.5) is 0 Å². The Morgan fingerprint density at radius 1 is 0.833 bits per heavy atom. The van der Waals surface area contributed by atoms with Crippen LogP contribution in [0.5, 0.6) is 0 Å². The molecule has 0 N–H and O–H groups in total. The SMILES string of the molecule is CCC[CH2][Sn]([C]#CCO[Si](C)(C)C(C)(C)C)([CH2]CCC)[CH2]CCC. The fourth-order valence-electron chi connectivity index (χ4n) is 2.76. The molecule has 142 valence electrons. The molecule has 0 aliphatic rings. The van der Waals surface area contributed by atoms with Crippen molar-refractivity contribution in [2.45, 2.75) is 112 Å². The van der Waals surface area contributed by atoms with Crippen molar-refractivity contribution in [2.75, 3.05) is 6.61 Å². The molecule has 0 aliphatic carbocycles. The molecular formula is C21H44OSiSn. The molecule has 0 fully saturated rings. The molecule has 0 aromatic rings. The van der Waals surface area contributed by atoms with Crippen molar-refractivity contribution < 1.29 is 4.43 Å². The van der Waals surface area contributed by atoms with Crippen molar-refractivity contribution in [3.05, 3.63) is 0 Å². The molecule has 0 unspecified atom stereocenters. The number of hydrogen-bond acceptors (Lipinski definition) is 1. The Hall–Kier alpha value is 0.536. The van der Waals surface area contributed by atoms with Crippen molar-refractivity contribution in [2.24, 2.45) is 0 Å². The van der Waals surface area contributed by atoms with Crippen LogP contribution < -0.4 is 0 Å². The van der Waals surface area contributed by atoms with Crippen molar-refractivity contribution in [3.8, 4) is 9.86 Å². The zero-order valence-electron chi connectivity index (χ0n) is 18.0. The molecule has 0 spiro atoms. The van der Waals surface area contributed by atoms with Crippen LogP contribution in [-0.2, 0) is 4.43 Å². The van der Waals surface area contributed by atoms with E-state index in [4.69, 9.17) is 4.43 Å². The van der Waals surface area contributed by atoms with Crippen LogP contribution in [0.25, 0.3) is 0 Å². The van der Waals surface area contributed by atoms with Gasteiger partial charge in [0.05, 0.1) is 0 Å². The van der Waals surface area contributed by atoms with Gasteiger partial charge in [-0.2, -0.15) is 0 Å². The van der Waals surface area contributed by atoms with Gasteiger partial charge in [-0.3, -0.25) is 0 Å². The summed E-state index contributed by atoms with van der Waals surface area (Å²) in [6.07, 6.45) is 8.13. The van der Waals surface area contributed by atoms with Crippen molar-refractivity contribution in [1.29, 1.82) is 0 Å². The zero-order valence-corrected chi connectivity index (χ0v) is 21.8. The molecule has 0 saturated heterocycles. The van der Waals surface area contributed by atoms with E-state index >= 15 is 0 Å². The molecule has 24 heavy (non-hydrogen) atoms. The molecule has 0 amide bonds. The van der Waals surface area contributed by atoms with Gasteiger partial charge in [0.25, 0.3) is 0 Å². The van der Waals surface area contributed by atoms with Gasteiger partial charge in [0, 0.05) is 0 Å². The summed E-state index contributed by atoms with van der Waals surface area (Å²) in [5.41, 5.74) is 0. The molecule has 0 aliphatic heterocycles. The molecule has 3 heteroatoms. The van der Waals surface area contributed by atoms with Gasteiger partial charge < -0.3 is 0 Å². The third kappa shape index (κ3) is 9.29. The van der Waals surface area contributed by atoms with Crippen LogP contribution in [-0.4, -0.2) is 33.3 Å². The molecule has 0 bridgehead atoms. The third-order valence-electron chi connectivity index (χ3n) is 5.69. The summed E-state index contributed by atoms with van der Waals surface area (Å²) >= 11 is -2.28. The number of rotatable bonds is 11. The third-order valence-corrected chi connectivity index (χ3v) is 23.4. The van der Waals surface area contributed by atoms with Crippen LogP contribution in [0.15, 0.2) is 0 Å². The Morgan fingerprint density at radius 2 is 1.25 bits per heavy atom. The van der Waals surface area contributed by atoms with E-state index in [1.807, 2.05) is 0 Å². The predicted octanol–water partition coefficient (Wildman–Crippen LogP) is 7.40. The second kappa shape index (κ2) is 12.0. The molecule has 0 aromatic heterocycles. The monoisotopic (exact) mass is 460 g/mol. The Bertz CT molecular complexity index is 365. The van der Waals surface area contributed by atoms with E-state index in [2.05, 4.69) is 64.5 Å². The van der Waals surface area contributed by atoms with Crippen LogP contribution in [0.2, 0.25) is 31.4 Å². The standard InChI is InChI=1S/C9H17OSi.3C4H9.Sn/c1-7-8-10-11(5,6)9(2,3)4;3*1-3-4-2;/h8H2,2-6H3;3*1,3-4H2,2H3;. The van der Waals surface area contributed by atoms with E-state index in [1.165, 1.54) is 51.8 Å². The molecule has 0 saturated carbocycles. The van der Waals surface area contributed by atoms with Crippen LogP contribution in [0, 0.1) is 9.86 Å². The molecule has 0 radical (unpaired) electrons. The van der Waals surface area contributed by atoms with Crippen LogP contribution >= 0.6 is 0 Å². The van der Waals surface area contributed by atoms with E-state index < -0.39 is 26.7 Å². The minimum absolute atomic E-state index is 0.279. The maximum atomic E-state index is 6.30. The van der Waals surface area contributed by atoms with Crippen LogP contribution in [0.3, 0.4) is 0 Å². The van der Waals surface area contributed by atoms with Crippen molar-refractivity contribution in [1.82, 2.24) is 0 Å². The van der Waals surface area contributed by atoms with Crippen molar-refractivity contribution in [3.63, 3.8) is 0 Å². The number of unbranched alkanes of at least 4 members (excludes halogenated alkanes) is 3. The van der Waals surface area contributed by atoms with Gasteiger partial charge in [-0.25, -0.2) is 0 Å². The first-order chi connectivity index (χ1) is 11.1. The Morgan fingerprint density at radius 3 is 1.58 bits per heavy atom. The summed E-state index contributed by atoms with van der Waals surface area (Å²) in [7, 11) is -1.66. The van der Waals surface area contributed by atoms with Gasteiger partial charge in [0.2, 0.25) is 0 Å². The average molecular weight is 459 g/mol. The minimum atomic E-state index is -2.28. The maximum absolute atomic E-state index is 6.30. The van der Waals surface area contributed by atoms with Gasteiger partial charge in [-0.05, 0) is 0 Å². The fourth-order valence-corrected chi connectivity index (χ4v) is 16.9. The van der Waals surface area contributed by atoms with Gasteiger partial charge in [0.15, 0.2) is 0 Å². The first-order valence-electron chi connectivity index (χ1n) is 10.3. The van der Waals surface area contributed by atoms with Gasteiger partial charge in [-0.15, -0.1) is 0 Å². The second-order valence-corrected chi connectivity index (χ2v) is 26.1. The van der Waals surface area contributed by atoms with Gasteiger partial charge in [-0.1, -0.05) is 0 Å². The van der Waals surface area contributed by atoms with E-state index in [1.54, 1.807) is 0 Å². The number of hydrogen-bond donors (Lipinski definition) is 0.